The molecule has 5 heteroatoms. The SMILES string of the molecule is CCNC(=NCCCCOCCc1ccccc1)NC1CCN(C(C)C)CC1. The molecule has 0 aliphatic carbocycles. The molecular formula is C23H40N4O. The van der Waals surface area contributed by atoms with Crippen molar-refractivity contribution in [3.8, 4) is 0 Å². The predicted molar refractivity (Wildman–Crippen MR) is 119 cm³/mol. The first kappa shape index (κ1) is 22.7. The Labute approximate surface area is 171 Å². The van der Waals surface area contributed by atoms with Crippen LogP contribution in [-0.4, -0.2) is 62.3 Å². The van der Waals surface area contributed by atoms with Gasteiger partial charge in [0.2, 0.25) is 0 Å². The summed E-state index contributed by atoms with van der Waals surface area (Å²) in [5.74, 6) is 0.968. The smallest absolute Gasteiger partial charge is 0.191 e. The zero-order valence-electron chi connectivity index (χ0n) is 18.1. The summed E-state index contributed by atoms with van der Waals surface area (Å²) in [7, 11) is 0. The van der Waals surface area contributed by atoms with E-state index >= 15 is 0 Å². The largest absolute Gasteiger partial charge is 0.381 e. The zero-order chi connectivity index (χ0) is 20.0. The monoisotopic (exact) mass is 388 g/mol. The van der Waals surface area contributed by atoms with Crippen LogP contribution in [-0.2, 0) is 11.2 Å². The molecule has 158 valence electrons. The third kappa shape index (κ3) is 9.07. The Hall–Kier alpha value is -1.59. The second kappa shape index (κ2) is 13.6. The van der Waals surface area contributed by atoms with Gasteiger partial charge in [-0.25, -0.2) is 0 Å². The number of nitrogens with zero attached hydrogens (tertiary/aromatic N) is 2. The van der Waals surface area contributed by atoms with Gasteiger partial charge in [-0.05, 0) is 58.4 Å². The highest BCUT2D eigenvalue weighted by atomic mass is 16.5. The lowest BCUT2D eigenvalue weighted by Crippen LogP contribution is -2.49. The molecule has 1 saturated heterocycles. The van der Waals surface area contributed by atoms with E-state index in [1.807, 2.05) is 0 Å². The Kier molecular flexibility index (Phi) is 11.0. The van der Waals surface area contributed by atoms with E-state index in [1.165, 1.54) is 31.5 Å². The fraction of sp³-hybridized carbons (Fsp3) is 0.696. The van der Waals surface area contributed by atoms with Gasteiger partial charge in [0.1, 0.15) is 0 Å². The summed E-state index contributed by atoms with van der Waals surface area (Å²) in [6, 6.07) is 11.7. The summed E-state index contributed by atoms with van der Waals surface area (Å²) in [6.45, 7) is 12.4. The molecule has 5 nitrogen and oxygen atoms in total. The van der Waals surface area contributed by atoms with Crippen LogP contribution in [0.2, 0.25) is 0 Å². The molecular weight excluding hydrogens is 348 g/mol. The van der Waals surface area contributed by atoms with Crippen LogP contribution in [0.4, 0.5) is 0 Å². The van der Waals surface area contributed by atoms with Crippen LogP contribution in [0.5, 0.6) is 0 Å². The molecule has 0 radical (unpaired) electrons. The molecule has 2 rings (SSSR count). The van der Waals surface area contributed by atoms with E-state index in [4.69, 9.17) is 9.73 Å². The normalized spacial score (nSPS) is 16.5. The molecule has 28 heavy (non-hydrogen) atoms. The van der Waals surface area contributed by atoms with Gasteiger partial charge < -0.3 is 20.3 Å². The highest BCUT2D eigenvalue weighted by Gasteiger charge is 2.21. The van der Waals surface area contributed by atoms with Gasteiger partial charge in [-0.3, -0.25) is 4.99 Å². The zero-order valence-corrected chi connectivity index (χ0v) is 18.1. The molecule has 1 heterocycles. The number of likely N-dealkylation sites (tertiary alicyclic amines) is 1. The van der Waals surface area contributed by atoms with Crippen LogP contribution >= 0.6 is 0 Å². The van der Waals surface area contributed by atoms with E-state index < -0.39 is 0 Å². The number of piperidine rings is 1. The number of unbranched alkanes of at least 4 members (excludes halogenated alkanes) is 1. The minimum absolute atomic E-state index is 0.536. The fourth-order valence-electron chi connectivity index (χ4n) is 3.52. The van der Waals surface area contributed by atoms with Crippen molar-refractivity contribution in [3.63, 3.8) is 0 Å². The summed E-state index contributed by atoms with van der Waals surface area (Å²) in [4.78, 5) is 7.31. The third-order valence-corrected chi connectivity index (χ3v) is 5.29. The Morgan fingerprint density at radius 2 is 1.89 bits per heavy atom. The van der Waals surface area contributed by atoms with Crippen molar-refractivity contribution in [3.05, 3.63) is 35.9 Å². The number of benzene rings is 1. The Bertz CT molecular complexity index is 539. The lowest BCUT2D eigenvalue weighted by atomic mass is 10.0. The second-order valence-corrected chi connectivity index (χ2v) is 7.86. The average Bonchev–Trinajstić information content (AvgIpc) is 2.71. The number of hydrogen-bond donors (Lipinski definition) is 2. The molecule has 1 aromatic carbocycles. The van der Waals surface area contributed by atoms with Crippen LogP contribution in [0.3, 0.4) is 0 Å². The van der Waals surface area contributed by atoms with E-state index in [-0.39, 0.29) is 0 Å². The maximum absolute atomic E-state index is 5.76. The number of hydrogen-bond acceptors (Lipinski definition) is 3. The molecule has 1 aliphatic rings. The van der Waals surface area contributed by atoms with Crippen molar-refractivity contribution >= 4 is 5.96 Å². The van der Waals surface area contributed by atoms with Crippen LogP contribution in [0.15, 0.2) is 35.3 Å². The average molecular weight is 389 g/mol. The highest BCUT2D eigenvalue weighted by Crippen LogP contribution is 2.12. The lowest BCUT2D eigenvalue weighted by Gasteiger charge is -2.35. The number of ether oxygens (including phenoxy) is 1. The Morgan fingerprint density at radius 3 is 2.57 bits per heavy atom. The summed E-state index contributed by atoms with van der Waals surface area (Å²) in [5.41, 5.74) is 1.34. The van der Waals surface area contributed by atoms with Gasteiger partial charge in [-0.1, -0.05) is 30.3 Å². The topological polar surface area (TPSA) is 48.9 Å². The second-order valence-electron chi connectivity index (χ2n) is 7.86. The molecule has 0 spiro atoms. The summed E-state index contributed by atoms with van der Waals surface area (Å²) >= 11 is 0. The van der Waals surface area contributed by atoms with Gasteiger partial charge in [0, 0.05) is 44.9 Å². The van der Waals surface area contributed by atoms with Crippen molar-refractivity contribution in [1.82, 2.24) is 15.5 Å². The fourth-order valence-corrected chi connectivity index (χ4v) is 3.52. The van der Waals surface area contributed by atoms with Crippen molar-refractivity contribution in [2.24, 2.45) is 4.99 Å². The van der Waals surface area contributed by atoms with Gasteiger partial charge in [-0.15, -0.1) is 0 Å². The quantitative estimate of drug-likeness (QED) is 0.346. The summed E-state index contributed by atoms with van der Waals surface area (Å²) < 4.78 is 5.76. The Morgan fingerprint density at radius 1 is 1.14 bits per heavy atom. The minimum Gasteiger partial charge on any atom is -0.381 e. The van der Waals surface area contributed by atoms with Crippen LogP contribution in [0, 0.1) is 0 Å². The Balaban J connectivity index is 1.56. The molecule has 0 saturated carbocycles. The minimum atomic E-state index is 0.536. The molecule has 0 amide bonds. The predicted octanol–water partition coefficient (Wildman–Crippen LogP) is 3.45. The third-order valence-electron chi connectivity index (χ3n) is 5.29. The summed E-state index contributed by atoms with van der Waals surface area (Å²) in [6.07, 6.45) is 5.50. The number of nitrogens with one attached hydrogen (secondary N) is 2. The van der Waals surface area contributed by atoms with E-state index in [1.54, 1.807) is 0 Å². The number of rotatable bonds is 11. The van der Waals surface area contributed by atoms with Gasteiger partial charge in [0.25, 0.3) is 0 Å². The molecule has 0 unspecified atom stereocenters. The number of aliphatic imine (C=N–C) groups is 1. The van der Waals surface area contributed by atoms with Crippen LogP contribution in [0.1, 0.15) is 52.0 Å². The van der Waals surface area contributed by atoms with Crippen molar-refractivity contribution in [2.45, 2.75) is 65.0 Å². The van der Waals surface area contributed by atoms with Gasteiger partial charge in [-0.2, -0.15) is 0 Å². The molecule has 0 aromatic heterocycles. The van der Waals surface area contributed by atoms with Crippen molar-refractivity contribution in [1.29, 1.82) is 0 Å². The van der Waals surface area contributed by atoms with Gasteiger partial charge in [0.15, 0.2) is 5.96 Å². The number of guanidine groups is 1. The first-order valence-corrected chi connectivity index (χ1v) is 11.1. The van der Waals surface area contributed by atoms with E-state index in [9.17, 15) is 0 Å². The van der Waals surface area contributed by atoms with Gasteiger partial charge in [0.05, 0.1) is 6.61 Å². The molecule has 1 fully saturated rings. The molecule has 1 aromatic rings. The van der Waals surface area contributed by atoms with Crippen molar-refractivity contribution in [2.75, 3.05) is 39.4 Å². The highest BCUT2D eigenvalue weighted by molar-refractivity contribution is 5.80. The van der Waals surface area contributed by atoms with Crippen LogP contribution in [0.25, 0.3) is 0 Å². The first-order chi connectivity index (χ1) is 13.7. The van der Waals surface area contributed by atoms with Crippen molar-refractivity contribution < 1.29 is 4.74 Å². The standard InChI is InChI=1S/C23H40N4O/c1-4-24-23(26-22-12-16-27(17-13-22)20(2)3)25-15-8-9-18-28-19-14-21-10-6-5-7-11-21/h5-7,10-11,20,22H,4,8-9,12-19H2,1-3H3,(H2,24,25,26). The molecule has 0 atom stereocenters. The lowest BCUT2D eigenvalue weighted by molar-refractivity contribution is 0.134. The van der Waals surface area contributed by atoms with Crippen LogP contribution < -0.4 is 10.6 Å². The van der Waals surface area contributed by atoms with Gasteiger partial charge >= 0.3 is 0 Å². The van der Waals surface area contributed by atoms with E-state index in [0.717, 1.165) is 51.5 Å². The maximum atomic E-state index is 5.76. The molecule has 2 N–H and O–H groups in total. The molecule has 0 bridgehead atoms. The van der Waals surface area contributed by atoms with E-state index in [0.29, 0.717) is 12.1 Å². The first-order valence-electron chi connectivity index (χ1n) is 11.1. The molecule has 1 aliphatic heterocycles. The summed E-state index contributed by atoms with van der Waals surface area (Å²) in [5, 5.41) is 7.01. The van der Waals surface area contributed by atoms with E-state index in [2.05, 4.69) is 66.6 Å². The maximum Gasteiger partial charge on any atom is 0.191 e.